The summed E-state index contributed by atoms with van der Waals surface area (Å²) in [4.78, 5) is 8.53. The summed E-state index contributed by atoms with van der Waals surface area (Å²) in [5.74, 6) is 0.883. The lowest BCUT2D eigenvalue weighted by Crippen LogP contribution is -2.30. The molecule has 1 aromatic heterocycles. The van der Waals surface area contributed by atoms with E-state index in [-0.39, 0.29) is 0 Å². The van der Waals surface area contributed by atoms with Crippen LogP contribution in [0.5, 0.6) is 0 Å². The zero-order chi connectivity index (χ0) is 14.0. The molecule has 19 heavy (non-hydrogen) atoms. The number of anilines is 1. The van der Waals surface area contributed by atoms with E-state index in [1.807, 2.05) is 11.3 Å². The Bertz CT molecular complexity index is 412. The van der Waals surface area contributed by atoms with Crippen LogP contribution in [0.3, 0.4) is 0 Å². The first kappa shape index (κ1) is 14.8. The monoisotopic (exact) mass is 281 g/mol. The lowest BCUT2D eigenvalue weighted by atomic mass is 10.2. The second kappa shape index (κ2) is 6.23. The molecule has 2 rings (SSSR count). The van der Waals surface area contributed by atoms with E-state index in [9.17, 15) is 0 Å². The van der Waals surface area contributed by atoms with Crippen LogP contribution in [0.25, 0.3) is 0 Å². The normalized spacial score (nSPS) is 18.4. The zero-order valence-corrected chi connectivity index (χ0v) is 13.7. The van der Waals surface area contributed by atoms with E-state index in [0.29, 0.717) is 12.1 Å². The van der Waals surface area contributed by atoms with Gasteiger partial charge in [-0.2, -0.15) is 0 Å². The van der Waals surface area contributed by atoms with Gasteiger partial charge in [-0.05, 0) is 52.5 Å². The molecule has 1 aromatic rings. The maximum Gasteiger partial charge on any atom is 0.185 e. The van der Waals surface area contributed by atoms with E-state index < -0.39 is 0 Å². The van der Waals surface area contributed by atoms with Crippen molar-refractivity contribution < 1.29 is 0 Å². The van der Waals surface area contributed by atoms with Crippen LogP contribution >= 0.6 is 11.3 Å². The lowest BCUT2D eigenvalue weighted by molar-refractivity contribution is 0.575. The second-order valence-electron chi connectivity index (χ2n) is 5.81. The molecular formula is C15H27N3S. The Morgan fingerprint density at radius 1 is 1.42 bits per heavy atom. The van der Waals surface area contributed by atoms with Crippen LogP contribution in [-0.2, 0) is 0 Å². The third-order valence-corrected chi connectivity index (χ3v) is 5.56. The van der Waals surface area contributed by atoms with Crippen molar-refractivity contribution in [3.05, 3.63) is 10.6 Å². The first-order chi connectivity index (χ1) is 9.04. The van der Waals surface area contributed by atoms with Crippen molar-refractivity contribution in [1.82, 2.24) is 10.3 Å². The molecule has 0 aromatic carbocycles. The third kappa shape index (κ3) is 3.48. The topological polar surface area (TPSA) is 28.2 Å². The molecule has 1 fully saturated rings. The molecule has 0 radical (unpaired) electrons. The van der Waals surface area contributed by atoms with Crippen LogP contribution in [0.4, 0.5) is 5.13 Å². The van der Waals surface area contributed by atoms with Crippen LogP contribution in [0.15, 0.2) is 0 Å². The summed E-state index contributed by atoms with van der Waals surface area (Å²) < 4.78 is 0. The van der Waals surface area contributed by atoms with Crippen LogP contribution in [0, 0.1) is 12.8 Å². The summed E-state index contributed by atoms with van der Waals surface area (Å²) in [7, 11) is 2.19. The molecule has 2 atom stereocenters. The van der Waals surface area contributed by atoms with Gasteiger partial charge in [-0.1, -0.05) is 6.92 Å². The Labute approximate surface area is 121 Å². The Balaban J connectivity index is 2.06. The number of rotatable bonds is 7. The van der Waals surface area contributed by atoms with E-state index in [0.717, 1.165) is 12.5 Å². The molecule has 1 aliphatic carbocycles. The Hall–Kier alpha value is -0.610. The van der Waals surface area contributed by atoms with Gasteiger partial charge in [-0.15, -0.1) is 11.3 Å². The molecule has 1 N–H and O–H groups in total. The minimum absolute atomic E-state index is 0.413. The van der Waals surface area contributed by atoms with Crippen molar-refractivity contribution in [2.24, 2.45) is 5.92 Å². The fourth-order valence-corrected chi connectivity index (χ4v) is 3.61. The van der Waals surface area contributed by atoms with Gasteiger partial charge in [0.25, 0.3) is 0 Å². The third-order valence-electron chi connectivity index (χ3n) is 4.13. The average molecular weight is 281 g/mol. The highest BCUT2D eigenvalue weighted by Gasteiger charge is 2.32. The fraction of sp³-hybridized carbons (Fsp3) is 0.800. The van der Waals surface area contributed by atoms with Gasteiger partial charge in [-0.25, -0.2) is 4.98 Å². The van der Waals surface area contributed by atoms with Crippen LogP contribution in [0.2, 0.25) is 0 Å². The van der Waals surface area contributed by atoms with Gasteiger partial charge >= 0.3 is 0 Å². The number of nitrogens with zero attached hydrogens (tertiary/aromatic N) is 2. The molecule has 0 spiro atoms. The summed E-state index contributed by atoms with van der Waals surface area (Å²) in [5.41, 5.74) is 1.19. The first-order valence-corrected chi connectivity index (χ1v) is 8.29. The van der Waals surface area contributed by atoms with Crippen molar-refractivity contribution in [2.75, 3.05) is 18.5 Å². The predicted molar refractivity (Wildman–Crippen MR) is 84.1 cm³/mol. The predicted octanol–water partition coefficient (Wildman–Crippen LogP) is 3.75. The molecule has 4 heteroatoms. The van der Waals surface area contributed by atoms with Gasteiger partial charge in [0.05, 0.1) is 5.69 Å². The summed E-state index contributed by atoms with van der Waals surface area (Å²) in [6, 6.07) is 1.04. The molecule has 0 saturated heterocycles. The van der Waals surface area contributed by atoms with Gasteiger partial charge in [0.15, 0.2) is 5.13 Å². The zero-order valence-electron chi connectivity index (χ0n) is 12.9. The smallest absolute Gasteiger partial charge is 0.185 e. The van der Waals surface area contributed by atoms with Crippen molar-refractivity contribution in [3.8, 4) is 0 Å². The molecule has 0 bridgehead atoms. The van der Waals surface area contributed by atoms with Crippen LogP contribution in [-0.4, -0.2) is 24.6 Å². The maximum atomic E-state index is 4.78. The average Bonchev–Trinajstić information content (AvgIpc) is 3.17. The van der Waals surface area contributed by atoms with Crippen molar-refractivity contribution in [1.29, 1.82) is 0 Å². The Kier molecular flexibility index (Phi) is 4.85. The summed E-state index contributed by atoms with van der Waals surface area (Å²) in [6.07, 6.45) is 3.95. The molecule has 0 aliphatic heterocycles. The Morgan fingerprint density at radius 2 is 2.11 bits per heavy atom. The van der Waals surface area contributed by atoms with Crippen molar-refractivity contribution >= 4 is 16.5 Å². The standard InChI is InChI=1S/C15H27N3S/c1-6-9-16-10(2)14-11(3)17-15(19-14)18(5)12(4)13-7-8-13/h10,12-13,16H,6-9H2,1-5H3. The molecule has 1 heterocycles. The second-order valence-corrected chi connectivity index (χ2v) is 6.82. The quantitative estimate of drug-likeness (QED) is 0.825. The van der Waals surface area contributed by atoms with Gasteiger partial charge in [0.1, 0.15) is 0 Å². The number of aryl methyl sites for hydroxylation is 1. The fourth-order valence-electron chi connectivity index (χ4n) is 2.47. The van der Waals surface area contributed by atoms with Gasteiger partial charge < -0.3 is 10.2 Å². The number of hydrogen-bond acceptors (Lipinski definition) is 4. The molecule has 108 valence electrons. The van der Waals surface area contributed by atoms with E-state index >= 15 is 0 Å². The number of thiazole rings is 1. The van der Waals surface area contributed by atoms with Gasteiger partial charge in [0, 0.05) is 24.0 Å². The van der Waals surface area contributed by atoms with E-state index in [4.69, 9.17) is 4.98 Å². The lowest BCUT2D eigenvalue weighted by Gasteiger charge is -2.24. The molecular weight excluding hydrogens is 254 g/mol. The first-order valence-electron chi connectivity index (χ1n) is 7.48. The largest absolute Gasteiger partial charge is 0.348 e. The molecule has 3 nitrogen and oxygen atoms in total. The molecule has 1 aliphatic rings. The minimum Gasteiger partial charge on any atom is -0.348 e. The van der Waals surface area contributed by atoms with Crippen molar-refractivity contribution in [3.63, 3.8) is 0 Å². The van der Waals surface area contributed by atoms with Gasteiger partial charge in [-0.3, -0.25) is 0 Å². The van der Waals surface area contributed by atoms with E-state index in [2.05, 4.69) is 45.0 Å². The van der Waals surface area contributed by atoms with E-state index in [1.54, 1.807) is 0 Å². The highest BCUT2D eigenvalue weighted by Crippen LogP contribution is 2.38. The Morgan fingerprint density at radius 3 is 2.68 bits per heavy atom. The number of hydrogen-bond donors (Lipinski definition) is 1. The number of nitrogens with one attached hydrogen (secondary N) is 1. The molecule has 1 saturated carbocycles. The van der Waals surface area contributed by atoms with Crippen LogP contribution in [0.1, 0.15) is 56.6 Å². The van der Waals surface area contributed by atoms with E-state index in [1.165, 1.54) is 35.0 Å². The van der Waals surface area contributed by atoms with Crippen molar-refractivity contribution in [2.45, 2.75) is 59.0 Å². The summed E-state index contributed by atoms with van der Waals surface area (Å²) >= 11 is 1.85. The number of aromatic nitrogens is 1. The van der Waals surface area contributed by atoms with Gasteiger partial charge in [0.2, 0.25) is 0 Å². The molecule has 2 unspecified atom stereocenters. The molecule has 0 amide bonds. The highest BCUT2D eigenvalue weighted by molar-refractivity contribution is 7.15. The summed E-state index contributed by atoms with van der Waals surface area (Å²) in [6.45, 7) is 9.98. The summed E-state index contributed by atoms with van der Waals surface area (Å²) in [5, 5.41) is 4.74. The maximum absolute atomic E-state index is 4.78. The SMILES string of the molecule is CCCNC(C)c1sc(N(C)C(C)C2CC2)nc1C. The highest BCUT2D eigenvalue weighted by atomic mass is 32.1. The van der Waals surface area contributed by atoms with Crippen LogP contribution < -0.4 is 10.2 Å². The minimum atomic E-state index is 0.413.